The molecule has 0 fully saturated rings. The monoisotopic (exact) mass is 336 g/mol. The maximum Gasteiger partial charge on any atom is 0.232 e. The molecule has 1 heterocycles. The summed E-state index contributed by atoms with van der Waals surface area (Å²) in [5, 5.41) is 1.22. The number of para-hydroxylation sites is 1. The van der Waals surface area contributed by atoms with Crippen molar-refractivity contribution in [3.8, 4) is 0 Å². The number of amides is 1. The number of fused-ring (bicyclic) bond motifs is 1. The molecule has 0 atom stereocenters. The molecule has 22 heavy (non-hydrogen) atoms. The topological polar surface area (TPSA) is 45.3 Å². The molecule has 2 rings (SSSR count). The first-order valence-corrected chi connectivity index (χ1v) is 8.59. The maximum atomic E-state index is 12.1. The number of nitrogens with one attached hydrogen (secondary N) is 1. The third kappa shape index (κ3) is 4.48. The van der Waals surface area contributed by atoms with E-state index in [-0.39, 0.29) is 5.91 Å². The van der Waals surface area contributed by atoms with E-state index in [9.17, 15) is 4.79 Å². The molecule has 6 heteroatoms. The lowest BCUT2D eigenvalue weighted by Gasteiger charge is -2.16. The van der Waals surface area contributed by atoms with Crippen molar-refractivity contribution < 1.29 is 9.53 Å². The number of aromatic nitrogens is 1. The molecule has 1 aromatic carbocycles. The fourth-order valence-corrected chi connectivity index (χ4v) is 3.10. The van der Waals surface area contributed by atoms with E-state index in [1.807, 2.05) is 32.3 Å². The van der Waals surface area contributed by atoms with E-state index >= 15 is 0 Å². The van der Waals surface area contributed by atoms with E-state index in [0.29, 0.717) is 23.3 Å². The Labute approximate surface area is 140 Å². The second-order valence-corrected chi connectivity index (χ2v) is 6.47. The fraction of sp³-hybridized carbons (Fsp3) is 0.375. The van der Waals surface area contributed by atoms with Crippen LogP contribution in [-0.2, 0) is 16.0 Å². The molecule has 0 aliphatic rings. The van der Waals surface area contributed by atoms with Crippen LogP contribution in [0.4, 0.5) is 0 Å². The van der Waals surface area contributed by atoms with Crippen molar-refractivity contribution in [2.75, 3.05) is 26.0 Å². The number of nitrogens with zero attached hydrogens (tertiary/aromatic N) is 1. The Morgan fingerprint density at radius 1 is 1.41 bits per heavy atom. The van der Waals surface area contributed by atoms with Gasteiger partial charge in [0.1, 0.15) is 0 Å². The Morgan fingerprint density at radius 2 is 2.18 bits per heavy atom. The van der Waals surface area contributed by atoms with Gasteiger partial charge in [0.2, 0.25) is 10.3 Å². The number of likely N-dealkylation sites (N-methyl/N-ethyl adjacent to an activating group) is 1. The van der Waals surface area contributed by atoms with Gasteiger partial charge in [-0.2, -0.15) is 0 Å². The van der Waals surface area contributed by atoms with E-state index in [2.05, 4.69) is 17.1 Å². The van der Waals surface area contributed by atoms with Crippen LogP contribution in [-0.4, -0.2) is 46.1 Å². The molecule has 0 radical (unpaired) electrons. The number of benzene rings is 1. The Hall–Kier alpha value is -1.53. The minimum Gasteiger partial charge on any atom is -0.479 e. The number of carbonyl (C=O) groups is 1. The van der Waals surface area contributed by atoms with Gasteiger partial charge in [-0.1, -0.05) is 30.0 Å². The van der Waals surface area contributed by atoms with Crippen molar-refractivity contribution in [2.45, 2.75) is 13.3 Å². The first-order chi connectivity index (χ1) is 10.6. The summed E-state index contributed by atoms with van der Waals surface area (Å²) in [6, 6.07) is 8.19. The summed E-state index contributed by atoms with van der Waals surface area (Å²) in [4.78, 5) is 17.1. The zero-order valence-corrected chi connectivity index (χ0v) is 14.4. The van der Waals surface area contributed by atoms with Gasteiger partial charge < -0.3 is 14.6 Å². The van der Waals surface area contributed by atoms with E-state index < -0.39 is 0 Å². The standard InChI is InChI=1S/C16H20N2O2S2/c1-3-20-16(21)22-11-15(19)18(2)9-8-12-10-17-14-7-5-4-6-13(12)14/h4-7,10,17H,3,8-9,11H2,1-2H3. The van der Waals surface area contributed by atoms with E-state index in [1.165, 1.54) is 22.7 Å². The van der Waals surface area contributed by atoms with Crippen LogP contribution >= 0.6 is 24.0 Å². The van der Waals surface area contributed by atoms with Crippen molar-refractivity contribution in [2.24, 2.45) is 0 Å². The molecule has 0 aliphatic carbocycles. The van der Waals surface area contributed by atoms with Crippen molar-refractivity contribution in [3.05, 3.63) is 36.0 Å². The van der Waals surface area contributed by atoms with E-state index in [1.54, 1.807) is 4.90 Å². The van der Waals surface area contributed by atoms with Crippen LogP contribution in [0.15, 0.2) is 30.5 Å². The minimum atomic E-state index is 0.0619. The summed E-state index contributed by atoms with van der Waals surface area (Å²) >= 11 is 6.28. The average molecular weight is 336 g/mol. The molecular weight excluding hydrogens is 316 g/mol. The van der Waals surface area contributed by atoms with Crippen LogP contribution < -0.4 is 0 Å². The Kier molecular flexibility index (Phi) is 6.27. The first kappa shape index (κ1) is 16.8. The number of aromatic amines is 1. The molecule has 1 aromatic heterocycles. The molecule has 0 spiro atoms. The van der Waals surface area contributed by atoms with Crippen LogP contribution in [0.5, 0.6) is 0 Å². The number of carbonyl (C=O) groups excluding carboxylic acids is 1. The summed E-state index contributed by atoms with van der Waals surface area (Å²) in [6.07, 6.45) is 2.84. The summed E-state index contributed by atoms with van der Waals surface area (Å²) in [6.45, 7) is 3.10. The van der Waals surface area contributed by atoms with Crippen LogP contribution in [0.2, 0.25) is 0 Å². The van der Waals surface area contributed by atoms with Gasteiger partial charge in [-0.15, -0.1) is 0 Å². The highest BCUT2D eigenvalue weighted by Gasteiger charge is 2.12. The van der Waals surface area contributed by atoms with Crippen LogP contribution in [0.3, 0.4) is 0 Å². The summed E-state index contributed by atoms with van der Waals surface area (Å²) in [7, 11) is 1.82. The number of H-pyrrole nitrogens is 1. The molecule has 0 unspecified atom stereocenters. The van der Waals surface area contributed by atoms with E-state index in [0.717, 1.165) is 11.9 Å². The largest absolute Gasteiger partial charge is 0.479 e. The quantitative estimate of drug-likeness (QED) is 0.823. The Morgan fingerprint density at radius 3 is 2.95 bits per heavy atom. The minimum absolute atomic E-state index is 0.0619. The van der Waals surface area contributed by atoms with Gasteiger partial charge in [0.05, 0.1) is 12.4 Å². The average Bonchev–Trinajstić information content (AvgIpc) is 2.94. The molecule has 4 nitrogen and oxygen atoms in total. The Balaban J connectivity index is 1.83. The number of thiocarbonyl (C=S) groups is 1. The lowest BCUT2D eigenvalue weighted by atomic mass is 10.1. The third-order valence-electron chi connectivity index (χ3n) is 3.39. The highest BCUT2D eigenvalue weighted by atomic mass is 32.2. The first-order valence-electron chi connectivity index (χ1n) is 7.20. The molecule has 2 aromatic rings. The zero-order chi connectivity index (χ0) is 15.9. The molecule has 0 saturated heterocycles. The van der Waals surface area contributed by atoms with Gasteiger partial charge in [0.25, 0.3) is 0 Å². The zero-order valence-electron chi connectivity index (χ0n) is 12.8. The normalized spacial score (nSPS) is 10.6. The molecule has 118 valence electrons. The molecule has 1 N–H and O–H groups in total. The van der Waals surface area contributed by atoms with Crippen molar-refractivity contribution in [1.29, 1.82) is 0 Å². The van der Waals surface area contributed by atoms with Crippen LogP contribution in [0, 0.1) is 0 Å². The number of hydrogen-bond donors (Lipinski definition) is 1. The van der Waals surface area contributed by atoms with Crippen molar-refractivity contribution in [1.82, 2.24) is 9.88 Å². The SMILES string of the molecule is CCOC(=S)SCC(=O)N(C)CCc1c[nH]c2ccccc12. The maximum absolute atomic E-state index is 12.1. The van der Waals surface area contributed by atoms with E-state index in [4.69, 9.17) is 17.0 Å². The second kappa shape index (κ2) is 8.19. The summed E-state index contributed by atoms with van der Waals surface area (Å²) in [5.41, 5.74) is 2.36. The predicted octanol–water partition coefficient (Wildman–Crippen LogP) is 3.22. The second-order valence-electron chi connectivity index (χ2n) is 4.90. The molecular formula is C16H20N2O2S2. The summed E-state index contributed by atoms with van der Waals surface area (Å²) in [5.74, 6) is 0.385. The van der Waals surface area contributed by atoms with Gasteiger partial charge in [-0.25, -0.2) is 0 Å². The third-order valence-corrected chi connectivity index (χ3v) is 4.61. The molecule has 0 saturated carbocycles. The number of thioether (sulfide) groups is 1. The highest BCUT2D eigenvalue weighted by molar-refractivity contribution is 8.23. The number of ether oxygens (including phenoxy) is 1. The molecule has 0 aliphatic heterocycles. The molecule has 1 amide bonds. The lowest BCUT2D eigenvalue weighted by molar-refractivity contribution is -0.127. The number of hydrogen-bond acceptors (Lipinski definition) is 4. The number of rotatable bonds is 6. The fourth-order valence-electron chi connectivity index (χ4n) is 2.14. The highest BCUT2D eigenvalue weighted by Crippen LogP contribution is 2.18. The van der Waals surface area contributed by atoms with Gasteiger partial charge >= 0.3 is 0 Å². The van der Waals surface area contributed by atoms with Crippen molar-refractivity contribution in [3.63, 3.8) is 0 Å². The molecule has 0 bridgehead atoms. The van der Waals surface area contributed by atoms with Crippen LogP contribution in [0.25, 0.3) is 10.9 Å². The van der Waals surface area contributed by atoms with Crippen molar-refractivity contribution >= 4 is 45.2 Å². The lowest BCUT2D eigenvalue weighted by Crippen LogP contribution is -2.30. The van der Waals surface area contributed by atoms with Gasteiger partial charge in [0.15, 0.2) is 0 Å². The predicted molar refractivity (Wildman–Crippen MR) is 96.3 cm³/mol. The Bertz CT molecular complexity index is 654. The van der Waals surface area contributed by atoms with Gasteiger partial charge in [-0.3, -0.25) is 4.79 Å². The summed E-state index contributed by atoms with van der Waals surface area (Å²) < 4.78 is 5.59. The van der Waals surface area contributed by atoms with Crippen LogP contribution in [0.1, 0.15) is 12.5 Å². The van der Waals surface area contributed by atoms with Gasteiger partial charge in [-0.05, 0) is 37.2 Å². The smallest absolute Gasteiger partial charge is 0.232 e. The van der Waals surface area contributed by atoms with Gasteiger partial charge in [0, 0.05) is 30.7 Å².